The van der Waals surface area contributed by atoms with E-state index in [0.29, 0.717) is 16.5 Å². The van der Waals surface area contributed by atoms with Crippen molar-refractivity contribution in [3.8, 4) is 11.5 Å². The third-order valence-electron chi connectivity index (χ3n) is 2.97. The van der Waals surface area contributed by atoms with E-state index in [9.17, 15) is 8.42 Å². The van der Waals surface area contributed by atoms with Gasteiger partial charge >= 0.3 is 0 Å². The number of hydrogen-bond donors (Lipinski definition) is 1. The fourth-order valence-corrected chi connectivity index (χ4v) is 2.96. The molecule has 7 heteroatoms. The molecule has 0 bridgehead atoms. The Balaban J connectivity index is 2.28. The van der Waals surface area contributed by atoms with Crippen LogP contribution >= 0.6 is 11.6 Å². The Kier molecular flexibility index (Phi) is 5.52. The summed E-state index contributed by atoms with van der Waals surface area (Å²) in [4.78, 5) is 0. The number of halogens is 1. The van der Waals surface area contributed by atoms with E-state index in [0.717, 1.165) is 11.0 Å². The van der Waals surface area contributed by atoms with E-state index >= 15 is 0 Å². The Bertz CT molecular complexity index is 804. The standard InChI is InChI=1S/C16H16ClNO4S/c1-21-15-11-14(16(22-2)10-13(15)17)18-23(19,20)9-8-12-6-4-3-5-7-12/h3-11,18H,1-2H3. The van der Waals surface area contributed by atoms with Crippen LogP contribution in [0.1, 0.15) is 5.56 Å². The van der Waals surface area contributed by atoms with Crippen LogP contribution in [0.5, 0.6) is 11.5 Å². The lowest BCUT2D eigenvalue weighted by Gasteiger charge is -2.12. The van der Waals surface area contributed by atoms with E-state index in [1.54, 1.807) is 12.1 Å². The zero-order chi connectivity index (χ0) is 16.9. The van der Waals surface area contributed by atoms with Crippen molar-refractivity contribution >= 4 is 33.4 Å². The lowest BCUT2D eigenvalue weighted by molar-refractivity contribution is 0.405. The Morgan fingerprint density at radius 3 is 2.30 bits per heavy atom. The zero-order valence-corrected chi connectivity index (χ0v) is 14.2. The van der Waals surface area contributed by atoms with E-state index in [1.165, 1.54) is 32.4 Å². The molecule has 0 radical (unpaired) electrons. The average Bonchev–Trinajstić information content (AvgIpc) is 2.55. The van der Waals surface area contributed by atoms with Crippen molar-refractivity contribution in [1.29, 1.82) is 0 Å². The van der Waals surface area contributed by atoms with Gasteiger partial charge in [0.15, 0.2) is 0 Å². The van der Waals surface area contributed by atoms with Crippen molar-refractivity contribution in [2.24, 2.45) is 0 Å². The van der Waals surface area contributed by atoms with Gasteiger partial charge in [0.1, 0.15) is 11.5 Å². The summed E-state index contributed by atoms with van der Waals surface area (Å²) in [7, 11) is -0.840. The molecule has 0 aliphatic rings. The van der Waals surface area contributed by atoms with Gasteiger partial charge in [0.25, 0.3) is 10.0 Å². The first-order chi connectivity index (χ1) is 10.9. The van der Waals surface area contributed by atoms with Crippen molar-refractivity contribution in [1.82, 2.24) is 0 Å². The molecule has 1 N–H and O–H groups in total. The maximum Gasteiger partial charge on any atom is 0.255 e. The average molecular weight is 354 g/mol. The molecule has 2 aromatic carbocycles. The van der Waals surface area contributed by atoms with Crippen molar-refractivity contribution in [2.45, 2.75) is 0 Å². The van der Waals surface area contributed by atoms with Gasteiger partial charge in [-0.05, 0) is 11.6 Å². The Labute approximate surface area is 140 Å². The van der Waals surface area contributed by atoms with Crippen LogP contribution in [0.15, 0.2) is 47.9 Å². The fraction of sp³-hybridized carbons (Fsp3) is 0.125. The molecule has 0 spiro atoms. The number of anilines is 1. The second-order valence-electron chi connectivity index (χ2n) is 4.55. The van der Waals surface area contributed by atoms with Gasteiger partial charge in [-0.3, -0.25) is 4.72 Å². The van der Waals surface area contributed by atoms with Crippen molar-refractivity contribution in [2.75, 3.05) is 18.9 Å². The molecule has 2 aromatic rings. The van der Waals surface area contributed by atoms with Gasteiger partial charge < -0.3 is 9.47 Å². The minimum atomic E-state index is -3.71. The summed E-state index contributed by atoms with van der Waals surface area (Å²) in [6, 6.07) is 12.1. The van der Waals surface area contributed by atoms with E-state index < -0.39 is 10.0 Å². The summed E-state index contributed by atoms with van der Waals surface area (Å²) < 4.78 is 37.1. The van der Waals surface area contributed by atoms with E-state index in [4.69, 9.17) is 21.1 Å². The molecular weight excluding hydrogens is 338 g/mol. The van der Waals surface area contributed by atoms with Gasteiger partial charge in [-0.2, -0.15) is 0 Å². The van der Waals surface area contributed by atoms with Gasteiger partial charge in [0.05, 0.1) is 30.3 Å². The number of hydrogen-bond acceptors (Lipinski definition) is 4. The van der Waals surface area contributed by atoms with E-state index in [-0.39, 0.29) is 5.69 Å². The van der Waals surface area contributed by atoms with Gasteiger partial charge in [0.2, 0.25) is 0 Å². The lowest BCUT2D eigenvalue weighted by Crippen LogP contribution is -2.10. The molecule has 0 atom stereocenters. The zero-order valence-electron chi connectivity index (χ0n) is 12.6. The molecule has 0 saturated carbocycles. The highest BCUT2D eigenvalue weighted by atomic mass is 35.5. The van der Waals surface area contributed by atoms with Crippen LogP contribution in [0.25, 0.3) is 6.08 Å². The number of nitrogens with one attached hydrogen (secondary N) is 1. The second kappa shape index (κ2) is 7.39. The van der Waals surface area contributed by atoms with Crippen LogP contribution in [0.2, 0.25) is 5.02 Å². The fourth-order valence-electron chi connectivity index (χ4n) is 1.86. The first-order valence-corrected chi connectivity index (χ1v) is 8.55. The molecule has 23 heavy (non-hydrogen) atoms. The predicted molar refractivity (Wildman–Crippen MR) is 92.6 cm³/mol. The minimum absolute atomic E-state index is 0.242. The highest BCUT2D eigenvalue weighted by Crippen LogP contribution is 2.36. The third kappa shape index (κ3) is 4.64. The highest BCUT2D eigenvalue weighted by Gasteiger charge is 2.14. The summed E-state index contributed by atoms with van der Waals surface area (Å²) >= 11 is 6.00. The number of methoxy groups -OCH3 is 2. The molecule has 0 aromatic heterocycles. The molecule has 5 nitrogen and oxygen atoms in total. The van der Waals surface area contributed by atoms with Crippen molar-refractivity contribution in [3.05, 3.63) is 58.5 Å². The van der Waals surface area contributed by atoms with Crippen LogP contribution < -0.4 is 14.2 Å². The Hall–Kier alpha value is -2.18. The quantitative estimate of drug-likeness (QED) is 0.858. The van der Waals surface area contributed by atoms with Gasteiger partial charge in [0, 0.05) is 12.1 Å². The van der Waals surface area contributed by atoms with Crippen LogP contribution in [0.4, 0.5) is 5.69 Å². The summed E-state index contributed by atoms with van der Waals surface area (Å²) in [6.07, 6.45) is 1.50. The minimum Gasteiger partial charge on any atom is -0.495 e. The number of sulfonamides is 1. The topological polar surface area (TPSA) is 64.6 Å². The monoisotopic (exact) mass is 353 g/mol. The Morgan fingerprint density at radius 2 is 1.70 bits per heavy atom. The largest absolute Gasteiger partial charge is 0.495 e. The molecule has 2 rings (SSSR count). The van der Waals surface area contributed by atoms with E-state index in [1.807, 2.05) is 18.2 Å². The lowest BCUT2D eigenvalue weighted by atomic mass is 10.2. The van der Waals surface area contributed by atoms with Crippen molar-refractivity contribution in [3.63, 3.8) is 0 Å². The maximum absolute atomic E-state index is 12.2. The first-order valence-electron chi connectivity index (χ1n) is 6.62. The second-order valence-corrected chi connectivity index (χ2v) is 6.52. The smallest absolute Gasteiger partial charge is 0.255 e. The number of rotatable bonds is 6. The summed E-state index contributed by atoms with van der Waals surface area (Å²) in [5.74, 6) is 0.643. The molecule has 0 saturated heterocycles. The van der Waals surface area contributed by atoms with Gasteiger partial charge in [-0.25, -0.2) is 8.42 Å². The molecule has 122 valence electrons. The van der Waals surface area contributed by atoms with Crippen LogP contribution in [0.3, 0.4) is 0 Å². The molecular formula is C16H16ClNO4S. The molecule has 0 unspecified atom stereocenters. The van der Waals surface area contributed by atoms with Crippen molar-refractivity contribution < 1.29 is 17.9 Å². The van der Waals surface area contributed by atoms with Crippen LogP contribution in [0, 0.1) is 0 Å². The Morgan fingerprint density at radius 1 is 1.04 bits per heavy atom. The number of benzene rings is 2. The molecule has 0 fully saturated rings. The summed E-state index contributed by atoms with van der Waals surface area (Å²) in [6.45, 7) is 0. The van der Waals surface area contributed by atoms with Gasteiger partial charge in [-0.1, -0.05) is 41.9 Å². The summed E-state index contributed by atoms with van der Waals surface area (Å²) in [5.41, 5.74) is 1.02. The molecule has 0 heterocycles. The molecule has 0 aliphatic carbocycles. The van der Waals surface area contributed by atoms with E-state index in [2.05, 4.69) is 4.72 Å². The molecule has 0 aliphatic heterocycles. The highest BCUT2D eigenvalue weighted by molar-refractivity contribution is 7.95. The SMILES string of the molecule is COc1cc(NS(=O)(=O)C=Cc2ccccc2)c(OC)cc1Cl. The number of ether oxygens (including phenoxy) is 2. The summed E-state index contributed by atoms with van der Waals surface area (Å²) in [5, 5.41) is 1.41. The normalized spacial score (nSPS) is 11.4. The maximum atomic E-state index is 12.2. The first kappa shape index (κ1) is 17.2. The van der Waals surface area contributed by atoms with Crippen LogP contribution in [-0.4, -0.2) is 22.6 Å². The van der Waals surface area contributed by atoms with Gasteiger partial charge in [-0.15, -0.1) is 0 Å². The van der Waals surface area contributed by atoms with Crippen LogP contribution in [-0.2, 0) is 10.0 Å². The third-order valence-corrected chi connectivity index (χ3v) is 4.26. The predicted octanol–water partition coefficient (Wildman–Crippen LogP) is 3.77. The molecule has 0 amide bonds.